The second-order valence-corrected chi connectivity index (χ2v) is 5.59. The minimum Gasteiger partial charge on any atom is -0.465 e. The summed E-state index contributed by atoms with van der Waals surface area (Å²) < 4.78 is 9.76. The molecule has 0 aliphatic carbocycles. The molecule has 7 nitrogen and oxygen atoms in total. The molecule has 0 saturated heterocycles. The number of aromatic nitrogens is 2. The molecule has 0 fully saturated rings. The Labute approximate surface area is 154 Å². The van der Waals surface area contributed by atoms with Crippen molar-refractivity contribution >= 4 is 28.9 Å². The third kappa shape index (κ3) is 4.46. The van der Waals surface area contributed by atoms with Crippen LogP contribution in [0.15, 0.2) is 59.4 Å². The van der Waals surface area contributed by atoms with Gasteiger partial charge >= 0.3 is 11.9 Å². The van der Waals surface area contributed by atoms with Gasteiger partial charge in [-0.2, -0.15) is 0 Å². The fourth-order valence-electron chi connectivity index (χ4n) is 2.42. The molecule has 1 heterocycles. The van der Waals surface area contributed by atoms with Crippen LogP contribution in [0.25, 0.3) is 17.0 Å². The molecule has 2 aromatic carbocycles. The Morgan fingerprint density at radius 3 is 2.67 bits per heavy atom. The fourth-order valence-corrected chi connectivity index (χ4v) is 2.42. The molecule has 0 unspecified atom stereocenters. The van der Waals surface area contributed by atoms with Gasteiger partial charge < -0.3 is 14.5 Å². The summed E-state index contributed by atoms with van der Waals surface area (Å²) in [6, 6.07) is 13.7. The number of hydrogen-bond acceptors (Lipinski definition) is 6. The highest BCUT2D eigenvalue weighted by Crippen LogP contribution is 2.12. The Hall–Kier alpha value is -3.74. The molecule has 0 saturated carbocycles. The number of methoxy groups -OCH3 is 1. The molecule has 3 aromatic rings. The third-order valence-corrected chi connectivity index (χ3v) is 3.74. The van der Waals surface area contributed by atoms with Crippen LogP contribution in [0.5, 0.6) is 0 Å². The number of nitrogens with zero attached hydrogens (tertiary/aromatic N) is 1. The van der Waals surface area contributed by atoms with Gasteiger partial charge in [0.25, 0.3) is 5.56 Å². The molecular weight excluding hydrogens is 348 g/mol. The second-order valence-electron chi connectivity index (χ2n) is 5.59. The number of aromatic amines is 1. The monoisotopic (exact) mass is 364 g/mol. The lowest BCUT2D eigenvalue weighted by atomic mass is 10.1. The van der Waals surface area contributed by atoms with E-state index >= 15 is 0 Å². The predicted octanol–water partition coefficient (Wildman–Crippen LogP) is 2.47. The van der Waals surface area contributed by atoms with Crippen molar-refractivity contribution in [2.75, 3.05) is 7.11 Å². The van der Waals surface area contributed by atoms with Crippen molar-refractivity contribution in [3.05, 3.63) is 81.9 Å². The molecule has 27 heavy (non-hydrogen) atoms. The van der Waals surface area contributed by atoms with Gasteiger partial charge in [0.2, 0.25) is 0 Å². The van der Waals surface area contributed by atoms with Crippen molar-refractivity contribution in [3.8, 4) is 0 Å². The van der Waals surface area contributed by atoms with Crippen molar-refractivity contribution in [2.45, 2.75) is 6.61 Å². The average Bonchev–Trinajstić information content (AvgIpc) is 2.70. The van der Waals surface area contributed by atoms with Gasteiger partial charge in [-0.25, -0.2) is 14.6 Å². The van der Waals surface area contributed by atoms with Crippen molar-refractivity contribution in [2.24, 2.45) is 0 Å². The number of esters is 2. The predicted molar refractivity (Wildman–Crippen MR) is 99.0 cm³/mol. The van der Waals surface area contributed by atoms with Crippen LogP contribution in [0, 0.1) is 0 Å². The largest absolute Gasteiger partial charge is 0.465 e. The highest BCUT2D eigenvalue weighted by Gasteiger charge is 2.10. The molecule has 0 aliphatic heterocycles. The zero-order valence-corrected chi connectivity index (χ0v) is 14.5. The number of rotatable bonds is 5. The molecule has 7 heteroatoms. The number of hydrogen-bond donors (Lipinski definition) is 1. The number of H-pyrrole nitrogens is 1. The molecule has 0 amide bonds. The number of carbonyl (C=O) groups excluding carboxylic acids is 2. The summed E-state index contributed by atoms with van der Waals surface area (Å²) in [6.45, 7) is -0.203. The van der Waals surface area contributed by atoms with Gasteiger partial charge in [0.15, 0.2) is 0 Å². The lowest BCUT2D eigenvalue weighted by molar-refractivity contribution is -0.139. The molecule has 0 aliphatic rings. The SMILES string of the molecule is COC(=O)c1ccc2c(=O)[nH]c(COC(=O)/C=C/c3ccccc3)nc2c1. The van der Waals surface area contributed by atoms with E-state index in [4.69, 9.17) is 4.74 Å². The van der Waals surface area contributed by atoms with E-state index in [0.29, 0.717) is 10.9 Å². The van der Waals surface area contributed by atoms with E-state index in [2.05, 4.69) is 14.7 Å². The smallest absolute Gasteiger partial charge is 0.337 e. The van der Waals surface area contributed by atoms with Crippen LogP contribution in [0.3, 0.4) is 0 Å². The first-order valence-corrected chi connectivity index (χ1v) is 8.08. The zero-order chi connectivity index (χ0) is 19.2. The van der Waals surface area contributed by atoms with Crippen LogP contribution in [0.1, 0.15) is 21.7 Å². The van der Waals surface area contributed by atoms with Crippen LogP contribution in [0.2, 0.25) is 0 Å². The molecule has 136 valence electrons. The third-order valence-electron chi connectivity index (χ3n) is 3.74. The maximum Gasteiger partial charge on any atom is 0.337 e. The van der Waals surface area contributed by atoms with Crippen LogP contribution in [-0.4, -0.2) is 29.0 Å². The van der Waals surface area contributed by atoms with E-state index in [1.54, 1.807) is 6.08 Å². The Kier molecular flexibility index (Phi) is 5.41. The Bertz CT molecular complexity index is 1070. The van der Waals surface area contributed by atoms with Gasteiger partial charge in [-0.3, -0.25) is 4.79 Å². The second kappa shape index (κ2) is 8.09. The van der Waals surface area contributed by atoms with Gasteiger partial charge in [-0.05, 0) is 29.8 Å². The van der Waals surface area contributed by atoms with Gasteiger partial charge in [0, 0.05) is 6.08 Å². The van der Waals surface area contributed by atoms with Crippen LogP contribution in [0.4, 0.5) is 0 Å². The molecule has 0 atom stereocenters. The Morgan fingerprint density at radius 1 is 1.15 bits per heavy atom. The Balaban J connectivity index is 1.74. The van der Waals surface area contributed by atoms with E-state index in [1.807, 2.05) is 30.3 Å². The minimum atomic E-state index is -0.565. The number of nitrogens with one attached hydrogen (secondary N) is 1. The summed E-state index contributed by atoms with van der Waals surface area (Å²) >= 11 is 0. The van der Waals surface area contributed by atoms with E-state index in [1.165, 1.54) is 31.4 Å². The van der Waals surface area contributed by atoms with Crippen molar-refractivity contribution in [1.82, 2.24) is 9.97 Å². The van der Waals surface area contributed by atoms with Crippen molar-refractivity contribution in [3.63, 3.8) is 0 Å². The maximum atomic E-state index is 12.1. The first-order valence-electron chi connectivity index (χ1n) is 8.08. The number of benzene rings is 2. The Morgan fingerprint density at radius 2 is 1.93 bits per heavy atom. The van der Waals surface area contributed by atoms with Gasteiger partial charge in [0.1, 0.15) is 12.4 Å². The van der Waals surface area contributed by atoms with Crippen LogP contribution < -0.4 is 5.56 Å². The molecule has 3 rings (SSSR count). The summed E-state index contributed by atoms with van der Waals surface area (Å²) in [5.74, 6) is -0.918. The highest BCUT2D eigenvalue weighted by atomic mass is 16.5. The average molecular weight is 364 g/mol. The van der Waals surface area contributed by atoms with Gasteiger partial charge in [0.05, 0.1) is 23.6 Å². The summed E-state index contributed by atoms with van der Waals surface area (Å²) in [4.78, 5) is 42.4. The summed E-state index contributed by atoms with van der Waals surface area (Å²) in [5, 5.41) is 0.321. The van der Waals surface area contributed by atoms with Crippen LogP contribution >= 0.6 is 0 Å². The fraction of sp³-hybridized carbons (Fsp3) is 0.100. The summed E-state index contributed by atoms with van der Waals surface area (Å²) in [7, 11) is 1.27. The number of fused-ring (bicyclic) bond motifs is 1. The molecule has 0 bridgehead atoms. The molecule has 0 radical (unpaired) electrons. The lowest BCUT2D eigenvalue weighted by Gasteiger charge is -2.05. The molecule has 1 aromatic heterocycles. The lowest BCUT2D eigenvalue weighted by Crippen LogP contribution is -2.14. The maximum absolute atomic E-state index is 12.1. The van der Waals surface area contributed by atoms with Crippen LogP contribution in [-0.2, 0) is 20.9 Å². The van der Waals surface area contributed by atoms with E-state index in [0.717, 1.165) is 5.56 Å². The number of carbonyl (C=O) groups is 2. The minimum absolute atomic E-state index is 0.177. The van der Waals surface area contributed by atoms with Gasteiger partial charge in [-0.1, -0.05) is 30.3 Å². The number of ether oxygens (including phenoxy) is 2. The topological polar surface area (TPSA) is 98.4 Å². The molecule has 0 spiro atoms. The van der Waals surface area contributed by atoms with E-state index in [9.17, 15) is 14.4 Å². The summed E-state index contributed by atoms with van der Waals surface area (Å²) in [5.41, 5.74) is 1.06. The van der Waals surface area contributed by atoms with Crippen molar-refractivity contribution < 1.29 is 19.1 Å². The first kappa shape index (κ1) is 18.1. The molecular formula is C20H16N2O5. The van der Waals surface area contributed by atoms with E-state index in [-0.39, 0.29) is 23.6 Å². The summed E-state index contributed by atoms with van der Waals surface area (Å²) in [6.07, 6.45) is 2.92. The zero-order valence-electron chi connectivity index (χ0n) is 14.5. The quantitative estimate of drug-likeness (QED) is 0.552. The first-order chi connectivity index (χ1) is 13.1. The molecule has 1 N–H and O–H groups in total. The van der Waals surface area contributed by atoms with E-state index < -0.39 is 11.9 Å². The van der Waals surface area contributed by atoms with Gasteiger partial charge in [-0.15, -0.1) is 0 Å². The normalized spacial score (nSPS) is 10.9. The standard InChI is InChI=1S/C20H16N2O5/c1-26-20(25)14-8-9-15-16(11-14)21-17(22-19(15)24)12-27-18(23)10-7-13-5-3-2-4-6-13/h2-11H,12H2,1H3,(H,21,22,24)/b10-7+. The highest BCUT2D eigenvalue weighted by molar-refractivity contribution is 5.94. The van der Waals surface area contributed by atoms with Crippen molar-refractivity contribution in [1.29, 1.82) is 0 Å².